The zero-order chi connectivity index (χ0) is 20.2. The largest absolute Gasteiger partial charge is 0.369 e. The maximum atomic E-state index is 6.45. The number of fused-ring (bicyclic) bond motifs is 3. The fourth-order valence-corrected chi connectivity index (χ4v) is 4.67. The molecule has 144 valence electrons. The summed E-state index contributed by atoms with van der Waals surface area (Å²) in [5, 5.41) is 2.39. The first-order valence-corrected chi connectivity index (χ1v) is 10.2. The third kappa shape index (κ3) is 2.49. The summed E-state index contributed by atoms with van der Waals surface area (Å²) in [7, 11) is 1.98. The Morgan fingerprint density at radius 3 is 2.53 bits per heavy atom. The Morgan fingerprint density at radius 1 is 0.833 bits per heavy atom. The zero-order valence-electron chi connectivity index (χ0n) is 16.8. The summed E-state index contributed by atoms with van der Waals surface area (Å²) in [6, 6.07) is 25.7. The van der Waals surface area contributed by atoms with E-state index in [0.29, 0.717) is 5.96 Å². The Labute approximate surface area is 175 Å². The van der Waals surface area contributed by atoms with Crippen LogP contribution in [0.1, 0.15) is 22.3 Å². The first-order chi connectivity index (χ1) is 14.7. The van der Waals surface area contributed by atoms with Crippen LogP contribution in [-0.4, -0.2) is 13.0 Å². The molecule has 3 nitrogen and oxygen atoms in total. The second-order valence-corrected chi connectivity index (χ2v) is 7.98. The van der Waals surface area contributed by atoms with Gasteiger partial charge in [0.05, 0.1) is 5.69 Å². The smallest absolute Gasteiger partial charge is 0.200 e. The van der Waals surface area contributed by atoms with E-state index in [9.17, 15) is 0 Å². The number of nitrogens with two attached hydrogens (primary N) is 1. The highest BCUT2D eigenvalue weighted by Gasteiger charge is 2.19. The summed E-state index contributed by atoms with van der Waals surface area (Å²) in [4.78, 5) is 6.76. The molecule has 3 heteroatoms. The van der Waals surface area contributed by atoms with Crippen LogP contribution in [0.25, 0.3) is 34.1 Å². The lowest BCUT2D eigenvalue weighted by Crippen LogP contribution is -2.33. The normalized spacial score (nSPS) is 13.6. The predicted molar refractivity (Wildman–Crippen MR) is 127 cm³/mol. The van der Waals surface area contributed by atoms with Crippen LogP contribution in [0.4, 0.5) is 11.4 Å². The van der Waals surface area contributed by atoms with Crippen LogP contribution in [0.2, 0.25) is 0 Å². The Hall–Kier alpha value is -3.85. The highest BCUT2D eigenvalue weighted by molar-refractivity contribution is 6.10. The summed E-state index contributed by atoms with van der Waals surface area (Å²) in [6.07, 6.45) is 5.28. The first-order valence-electron chi connectivity index (χ1n) is 10.2. The summed E-state index contributed by atoms with van der Waals surface area (Å²) in [5.41, 5.74) is 16.3. The van der Waals surface area contributed by atoms with Gasteiger partial charge in [-0.05, 0) is 63.4 Å². The molecule has 0 saturated heterocycles. The fourth-order valence-electron chi connectivity index (χ4n) is 4.67. The van der Waals surface area contributed by atoms with E-state index in [2.05, 4.69) is 84.9 Å². The lowest BCUT2D eigenvalue weighted by Gasteiger charge is -2.19. The topological polar surface area (TPSA) is 41.6 Å². The van der Waals surface area contributed by atoms with Crippen molar-refractivity contribution in [3.8, 4) is 11.1 Å². The molecule has 0 saturated carbocycles. The molecule has 4 aromatic carbocycles. The van der Waals surface area contributed by atoms with Crippen LogP contribution in [0, 0.1) is 0 Å². The predicted octanol–water partition coefficient (Wildman–Crippen LogP) is 5.98. The number of hydrogen-bond donors (Lipinski definition) is 1. The average molecular weight is 387 g/mol. The van der Waals surface area contributed by atoms with Gasteiger partial charge in [-0.1, -0.05) is 66.7 Å². The number of guanidine groups is 1. The molecular weight excluding hydrogens is 366 g/mol. The summed E-state index contributed by atoms with van der Waals surface area (Å²) >= 11 is 0. The van der Waals surface area contributed by atoms with Crippen molar-refractivity contribution in [2.75, 3.05) is 11.9 Å². The van der Waals surface area contributed by atoms with Crippen molar-refractivity contribution >= 4 is 40.3 Å². The third-order valence-corrected chi connectivity index (χ3v) is 6.27. The minimum atomic E-state index is 0.483. The van der Waals surface area contributed by atoms with Gasteiger partial charge >= 0.3 is 0 Å². The number of hydrogen-bond acceptors (Lipinski definition) is 1. The molecule has 4 aromatic rings. The molecule has 0 aliphatic heterocycles. The van der Waals surface area contributed by atoms with E-state index in [1.54, 1.807) is 0 Å². The minimum absolute atomic E-state index is 0.483. The molecule has 0 atom stereocenters. The van der Waals surface area contributed by atoms with Crippen molar-refractivity contribution in [3.63, 3.8) is 0 Å². The third-order valence-electron chi connectivity index (χ3n) is 6.27. The average Bonchev–Trinajstić information content (AvgIpc) is 3.37. The Kier molecular flexibility index (Phi) is 3.59. The maximum absolute atomic E-state index is 6.45. The van der Waals surface area contributed by atoms with Gasteiger partial charge in [-0.15, -0.1) is 0 Å². The van der Waals surface area contributed by atoms with Crippen molar-refractivity contribution < 1.29 is 0 Å². The molecule has 0 bridgehead atoms. The van der Waals surface area contributed by atoms with Gasteiger partial charge in [0.15, 0.2) is 0 Å². The van der Waals surface area contributed by atoms with Crippen molar-refractivity contribution in [2.45, 2.75) is 6.42 Å². The number of anilines is 1. The van der Waals surface area contributed by atoms with E-state index < -0.39 is 0 Å². The van der Waals surface area contributed by atoms with Gasteiger partial charge in [0.25, 0.3) is 0 Å². The highest BCUT2D eigenvalue weighted by atomic mass is 15.2. The van der Waals surface area contributed by atoms with Gasteiger partial charge in [-0.25, -0.2) is 4.99 Å². The zero-order valence-corrected chi connectivity index (χ0v) is 16.8. The number of benzene rings is 4. The lowest BCUT2D eigenvalue weighted by atomic mass is 10.0. The van der Waals surface area contributed by atoms with E-state index in [4.69, 9.17) is 10.7 Å². The van der Waals surface area contributed by atoms with E-state index in [1.807, 2.05) is 11.9 Å². The molecule has 0 radical (unpaired) electrons. The molecule has 2 N–H and O–H groups in total. The molecule has 6 rings (SSSR count). The monoisotopic (exact) mass is 387 g/mol. The van der Waals surface area contributed by atoms with Gasteiger partial charge in [0, 0.05) is 18.1 Å². The van der Waals surface area contributed by atoms with E-state index >= 15 is 0 Å². The van der Waals surface area contributed by atoms with Crippen molar-refractivity contribution in [1.29, 1.82) is 0 Å². The van der Waals surface area contributed by atoms with Gasteiger partial charge in [0.2, 0.25) is 5.96 Å². The van der Waals surface area contributed by atoms with Crippen LogP contribution in [-0.2, 0) is 6.42 Å². The second kappa shape index (κ2) is 6.33. The van der Waals surface area contributed by atoms with Gasteiger partial charge in [0.1, 0.15) is 0 Å². The maximum Gasteiger partial charge on any atom is 0.200 e. The van der Waals surface area contributed by atoms with Crippen molar-refractivity contribution in [3.05, 3.63) is 95.1 Å². The summed E-state index contributed by atoms with van der Waals surface area (Å²) in [5.74, 6) is 0.483. The Balaban J connectivity index is 1.36. The second-order valence-electron chi connectivity index (χ2n) is 7.98. The van der Waals surface area contributed by atoms with Crippen molar-refractivity contribution in [2.24, 2.45) is 10.7 Å². The number of rotatable bonds is 2. The molecule has 2 aliphatic rings. The van der Waals surface area contributed by atoms with E-state index in [1.165, 1.54) is 38.8 Å². The molecular formula is C27H21N3. The fraction of sp³-hybridized carbons (Fsp3) is 0.0741. The summed E-state index contributed by atoms with van der Waals surface area (Å²) < 4.78 is 0. The number of nitrogens with zero attached hydrogens (tertiary/aromatic N) is 2. The molecule has 0 heterocycles. The van der Waals surface area contributed by atoms with Crippen LogP contribution in [0.15, 0.2) is 77.8 Å². The molecule has 0 spiro atoms. The SMILES string of the molecule is CN(C(N)=Nc1ccc2c3c(cccc13)C=C2)c1ccc2c(c1)Cc1ccccc1-2. The van der Waals surface area contributed by atoms with E-state index in [-0.39, 0.29) is 0 Å². The van der Waals surface area contributed by atoms with Gasteiger partial charge in [-0.3, -0.25) is 0 Å². The minimum Gasteiger partial charge on any atom is -0.369 e. The Bertz CT molecular complexity index is 1380. The van der Waals surface area contributed by atoms with Gasteiger partial charge < -0.3 is 10.6 Å². The Morgan fingerprint density at radius 2 is 1.63 bits per heavy atom. The number of aliphatic imine (C=N–C) groups is 1. The lowest BCUT2D eigenvalue weighted by molar-refractivity contribution is 1.20. The summed E-state index contributed by atoms with van der Waals surface area (Å²) in [6.45, 7) is 0. The first kappa shape index (κ1) is 17.0. The van der Waals surface area contributed by atoms with Crippen LogP contribution in [0.5, 0.6) is 0 Å². The molecule has 30 heavy (non-hydrogen) atoms. The molecule has 0 unspecified atom stereocenters. The molecule has 2 aliphatic carbocycles. The van der Waals surface area contributed by atoms with Crippen LogP contribution >= 0.6 is 0 Å². The van der Waals surface area contributed by atoms with Gasteiger partial charge in [-0.2, -0.15) is 0 Å². The van der Waals surface area contributed by atoms with Crippen LogP contribution < -0.4 is 10.6 Å². The standard InChI is InChI=1S/C27H21N3/c1-30(21-12-13-23-20(16-21)15-19-5-2-3-7-22(19)23)27(28)29-25-14-11-18-10-9-17-6-4-8-24(25)26(17)18/h2-14,16H,15H2,1H3,(H2,28,29). The van der Waals surface area contributed by atoms with Crippen LogP contribution in [0.3, 0.4) is 0 Å². The van der Waals surface area contributed by atoms with E-state index in [0.717, 1.165) is 23.2 Å². The highest BCUT2D eigenvalue weighted by Crippen LogP contribution is 2.39. The molecule has 0 fully saturated rings. The molecule has 0 amide bonds. The van der Waals surface area contributed by atoms with Crippen molar-refractivity contribution in [1.82, 2.24) is 0 Å². The molecule has 0 aromatic heterocycles. The quantitative estimate of drug-likeness (QED) is 0.293.